The molecule has 0 unspecified atom stereocenters. The summed E-state index contributed by atoms with van der Waals surface area (Å²) in [5, 5.41) is 7.80. The first-order valence-corrected chi connectivity index (χ1v) is 10.1. The number of aryl methyl sites for hydroxylation is 2. The van der Waals surface area contributed by atoms with Crippen LogP contribution in [0.15, 0.2) is 66.7 Å². The minimum atomic E-state index is -0.433. The van der Waals surface area contributed by atoms with Crippen LogP contribution < -0.4 is 10.1 Å². The Kier molecular flexibility index (Phi) is 5.73. The van der Waals surface area contributed by atoms with Gasteiger partial charge in [-0.15, -0.1) is 5.10 Å². The number of halogens is 1. The van der Waals surface area contributed by atoms with Gasteiger partial charge in [0.05, 0.1) is 23.5 Å². The van der Waals surface area contributed by atoms with Crippen molar-refractivity contribution in [3.63, 3.8) is 0 Å². The van der Waals surface area contributed by atoms with Crippen molar-refractivity contribution in [2.45, 2.75) is 13.8 Å². The molecule has 4 aromatic rings. The number of ether oxygens (including phenoxy) is 1. The van der Waals surface area contributed by atoms with Crippen LogP contribution in [-0.2, 0) is 0 Å². The Labute approximate surface area is 185 Å². The van der Waals surface area contributed by atoms with Crippen LogP contribution in [0.25, 0.3) is 17.1 Å². The van der Waals surface area contributed by atoms with E-state index in [1.54, 1.807) is 17.9 Å². The number of nitrogens with zero attached hydrogens (tertiary/aromatic N) is 3. The van der Waals surface area contributed by atoms with Gasteiger partial charge in [-0.05, 0) is 49.7 Å². The first-order chi connectivity index (χ1) is 15.0. The largest absolute Gasteiger partial charge is 0.497 e. The molecule has 1 heterocycles. The van der Waals surface area contributed by atoms with Crippen LogP contribution >= 0.6 is 11.6 Å². The molecule has 0 fully saturated rings. The van der Waals surface area contributed by atoms with Gasteiger partial charge in [0.15, 0.2) is 5.82 Å². The Hall–Kier alpha value is -3.64. The minimum absolute atomic E-state index is 0.0470. The van der Waals surface area contributed by atoms with Crippen molar-refractivity contribution in [2.24, 2.45) is 0 Å². The van der Waals surface area contributed by atoms with Gasteiger partial charge >= 0.3 is 0 Å². The van der Waals surface area contributed by atoms with Gasteiger partial charge in [0, 0.05) is 5.56 Å². The number of amides is 1. The third-order valence-corrected chi connectivity index (χ3v) is 5.21. The topological polar surface area (TPSA) is 69.0 Å². The molecule has 1 N–H and O–H groups in total. The van der Waals surface area contributed by atoms with E-state index in [4.69, 9.17) is 16.3 Å². The van der Waals surface area contributed by atoms with Gasteiger partial charge in [0.1, 0.15) is 5.75 Å². The van der Waals surface area contributed by atoms with Crippen LogP contribution in [0.5, 0.6) is 5.75 Å². The summed E-state index contributed by atoms with van der Waals surface area (Å²) in [6, 6.07) is 20.7. The normalized spacial score (nSPS) is 10.7. The maximum absolute atomic E-state index is 13.0. The molecule has 1 amide bonds. The zero-order chi connectivity index (χ0) is 22.0. The Morgan fingerprint density at radius 1 is 1.00 bits per heavy atom. The first kappa shape index (κ1) is 20.6. The maximum Gasteiger partial charge on any atom is 0.295 e. The molecule has 0 aliphatic rings. The molecule has 7 heteroatoms. The molecule has 0 aliphatic heterocycles. The third-order valence-electron chi connectivity index (χ3n) is 4.90. The van der Waals surface area contributed by atoms with Crippen LogP contribution in [0.1, 0.15) is 21.7 Å². The molecule has 0 spiro atoms. The highest BCUT2D eigenvalue weighted by Gasteiger charge is 2.20. The molecule has 0 aliphatic carbocycles. The zero-order valence-electron chi connectivity index (χ0n) is 17.4. The predicted molar refractivity (Wildman–Crippen MR) is 122 cm³/mol. The number of para-hydroxylation sites is 1. The van der Waals surface area contributed by atoms with Gasteiger partial charge in [-0.3, -0.25) is 4.79 Å². The predicted octanol–water partition coefficient (Wildman–Crippen LogP) is 5.47. The Balaban J connectivity index is 1.76. The summed E-state index contributed by atoms with van der Waals surface area (Å²) in [4.78, 5) is 17.5. The summed E-state index contributed by atoms with van der Waals surface area (Å²) in [5.74, 6) is 0.904. The van der Waals surface area contributed by atoms with E-state index in [0.29, 0.717) is 16.5 Å². The standard InChI is InChI=1S/C24H21ClN4O2/c1-15-7-9-17(10-8-15)23-27-22(24(30)26-21-16(2)5-4-6-20(21)25)28-29(23)18-11-13-19(31-3)14-12-18/h4-14H,1-3H3,(H,26,30). The van der Waals surface area contributed by atoms with Crippen molar-refractivity contribution in [2.75, 3.05) is 12.4 Å². The highest BCUT2D eigenvalue weighted by Crippen LogP contribution is 2.27. The number of carbonyl (C=O) groups is 1. The van der Waals surface area contributed by atoms with Crippen molar-refractivity contribution in [1.82, 2.24) is 14.8 Å². The monoisotopic (exact) mass is 432 g/mol. The van der Waals surface area contributed by atoms with E-state index in [1.807, 2.05) is 74.5 Å². The van der Waals surface area contributed by atoms with E-state index in [2.05, 4.69) is 15.4 Å². The lowest BCUT2D eigenvalue weighted by molar-refractivity contribution is 0.101. The maximum atomic E-state index is 13.0. The van der Waals surface area contributed by atoms with Gasteiger partial charge in [0.25, 0.3) is 5.91 Å². The molecule has 3 aromatic carbocycles. The number of hydrogen-bond donors (Lipinski definition) is 1. The van der Waals surface area contributed by atoms with Crippen LogP contribution in [0.2, 0.25) is 5.02 Å². The van der Waals surface area contributed by atoms with Crippen molar-refractivity contribution in [1.29, 1.82) is 0 Å². The van der Waals surface area contributed by atoms with Gasteiger partial charge in [-0.25, -0.2) is 9.67 Å². The molecule has 0 saturated heterocycles. The Morgan fingerprint density at radius 3 is 2.35 bits per heavy atom. The van der Waals surface area contributed by atoms with Crippen LogP contribution in [0, 0.1) is 13.8 Å². The molecule has 1 aromatic heterocycles. The molecule has 0 bridgehead atoms. The molecule has 0 saturated carbocycles. The summed E-state index contributed by atoms with van der Waals surface area (Å²) in [6.07, 6.45) is 0. The van der Waals surface area contributed by atoms with Gasteiger partial charge in [-0.1, -0.05) is 53.6 Å². The van der Waals surface area contributed by atoms with E-state index < -0.39 is 5.91 Å². The lowest BCUT2D eigenvalue weighted by Gasteiger charge is -2.08. The van der Waals surface area contributed by atoms with E-state index in [0.717, 1.165) is 28.1 Å². The minimum Gasteiger partial charge on any atom is -0.497 e. The average molecular weight is 433 g/mol. The SMILES string of the molecule is COc1ccc(-n2nc(C(=O)Nc3c(C)cccc3Cl)nc2-c2ccc(C)cc2)cc1. The van der Waals surface area contributed by atoms with Crippen LogP contribution in [0.3, 0.4) is 0 Å². The zero-order valence-corrected chi connectivity index (χ0v) is 18.1. The third kappa shape index (κ3) is 4.29. The van der Waals surface area contributed by atoms with Crippen LogP contribution in [-0.4, -0.2) is 27.8 Å². The number of carbonyl (C=O) groups excluding carboxylic acids is 1. The van der Waals surface area contributed by atoms with Crippen LogP contribution in [0.4, 0.5) is 5.69 Å². The summed E-state index contributed by atoms with van der Waals surface area (Å²) in [6.45, 7) is 3.89. The number of anilines is 1. The number of aromatic nitrogens is 3. The average Bonchev–Trinajstić information content (AvgIpc) is 3.22. The smallest absolute Gasteiger partial charge is 0.295 e. The van der Waals surface area contributed by atoms with Gasteiger partial charge in [-0.2, -0.15) is 0 Å². The van der Waals surface area contributed by atoms with Gasteiger partial charge < -0.3 is 10.1 Å². The molecular weight excluding hydrogens is 412 g/mol. The number of hydrogen-bond acceptors (Lipinski definition) is 4. The lowest BCUT2D eigenvalue weighted by Crippen LogP contribution is -2.15. The second kappa shape index (κ2) is 8.62. The van der Waals surface area contributed by atoms with E-state index >= 15 is 0 Å². The summed E-state index contributed by atoms with van der Waals surface area (Å²) < 4.78 is 6.89. The molecule has 156 valence electrons. The second-order valence-electron chi connectivity index (χ2n) is 7.12. The molecule has 31 heavy (non-hydrogen) atoms. The van der Waals surface area contributed by atoms with E-state index in [-0.39, 0.29) is 5.82 Å². The summed E-state index contributed by atoms with van der Waals surface area (Å²) in [7, 11) is 1.61. The van der Waals surface area contributed by atoms with Crippen molar-refractivity contribution >= 4 is 23.2 Å². The van der Waals surface area contributed by atoms with E-state index in [9.17, 15) is 4.79 Å². The van der Waals surface area contributed by atoms with Gasteiger partial charge in [0.2, 0.25) is 5.82 Å². The van der Waals surface area contributed by atoms with Crippen molar-refractivity contribution in [3.8, 4) is 22.8 Å². The second-order valence-corrected chi connectivity index (χ2v) is 7.53. The molecule has 0 radical (unpaired) electrons. The van der Waals surface area contributed by atoms with Crippen molar-refractivity contribution < 1.29 is 9.53 Å². The van der Waals surface area contributed by atoms with Crippen molar-refractivity contribution in [3.05, 3.63) is 88.7 Å². The molecule has 6 nitrogen and oxygen atoms in total. The fraction of sp³-hybridized carbons (Fsp3) is 0.125. The number of nitrogens with one attached hydrogen (secondary N) is 1. The Bertz CT molecular complexity index is 1210. The fourth-order valence-corrected chi connectivity index (χ4v) is 3.43. The fourth-order valence-electron chi connectivity index (χ4n) is 3.16. The number of benzene rings is 3. The molecule has 0 atom stereocenters. The highest BCUT2D eigenvalue weighted by atomic mass is 35.5. The number of methoxy groups -OCH3 is 1. The Morgan fingerprint density at radius 2 is 1.71 bits per heavy atom. The summed E-state index contributed by atoms with van der Waals surface area (Å²) in [5.41, 5.74) is 4.14. The van der Waals surface area contributed by atoms with E-state index in [1.165, 1.54) is 0 Å². The lowest BCUT2D eigenvalue weighted by atomic mass is 10.1. The summed E-state index contributed by atoms with van der Waals surface area (Å²) >= 11 is 6.26. The molecule has 4 rings (SSSR count). The molecular formula is C24H21ClN4O2. The quantitative estimate of drug-likeness (QED) is 0.454. The first-order valence-electron chi connectivity index (χ1n) is 9.71. The highest BCUT2D eigenvalue weighted by molar-refractivity contribution is 6.34. The number of rotatable bonds is 5.